The van der Waals surface area contributed by atoms with Crippen LogP contribution < -0.4 is 4.84 Å². The van der Waals surface area contributed by atoms with Crippen molar-refractivity contribution in [3.63, 3.8) is 0 Å². The first kappa shape index (κ1) is 11.9. The Hall–Kier alpha value is -0.540. The fourth-order valence-corrected chi connectivity index (χ4v) is 2.11. The van der Waals surface area contributed by atoms with E-state index >= 15 is 0 Å². The van der Waals surface area contributed by atoms with Gasteiger partial charge in [-0.15, -0.1) is 0 Å². The number of nitrogens with zero attached hydrogens (tertiary/aromatic N) is 1. The van der Waals surface area contributed by atoms with Crippen LogP contribution in [0, 0.1) is 0 Å². The molecule has 0 fully saturated rings. The van der Waals surface area contributed by atoms with Crippen molar-refractivity contribution in [1.82, 2.24) is 9.82 Å². The van der Waals surface area contributed by atoms with Crippen molar-refractivity contribution in [2.24, 2.45) is 0 Å². The van der Waals surface area contributed by atoms with Crippen molar-refractivity contribution in [3.05, 3.63) is 40.0 Å². The van der Waals surface area contributed by atoms with E-state index in [1.165, 1.54) is 0 Å². The molecule has 84 valence electrons. The van der Waals surface area contributed by atoms with Crippen LogP contribution in [0.15, 0.2) is 24.3 Å². The predicted octanol–water partition coefficient (Wildman–Crippen LogP) is 4.35. The second-order valence-corrected chi connectivity index (χ2v) is 4.55. The van der Waals surface area contributed by atoms with Crippen molar-refractivity contribution in [2.45, 2.75) is 13.0 Å². The maximum atomic E-state index is 6.07. The zero-order valence-electron chi connectivity index (χ0n) is 8.47. The second kappa shape index (κ2) is 4.76. The summed E-state index contributed by atoms with van der Waals surface area (Å²) in [5.41, 5.74) is 1.67. The fraction of sp³-hybridized carbons (Fsp3) is 0.182. The number of nitrogens with one attached hydrogen (secondary N) is 1. The standard InChI is InChI=1S/C11H9Cl3N2/c1-6(16-14)9-5-7-4-8(12)2-3-10(7)15-11(9)13/h2-6,16H,1H3/t6-/m0/s1. The topological polar surface area (TPSA) is 24.9 Å². The smallest absolute Gasteiger partial charge is 0.134 e. The summed E-state index contributed by atoms with van der Waals surface area (Å²) in [6.07, 6.45) is 0. The van der Waals surface area contributed by atoms with Gasteiger partial charge in [0.05, 0.1) is 5.52 Å². The number of hydrogen-bond donors (Lipinski definition) is 1. The number of pyridine rings is 1. The van der Waals surface area contributed by atoms with Crippen LogP contribution in [0.25, 0.3) is 10.9 Å². The number of rotatable bonds is 2. The van der Waals surface area contributed by atoms with Gasteiger partial charge in [-0.25, -0.2) is 9.82 Å². The molecule has 5 heteroatoms. The molecule has 0 amide bonds. The molecule has 0 aliphatic heterocycles. The molecule has 1 aromatic carbocycles. The minimum atomic E-state index is -0.0648. The van der Waals surface area contributed by atoms with Crippen LogP contribution in [0.5, 0.6) is 0 Å². The Labute approximate surface area is 109 Å². The van der Waals surface area contributed by atoms with E-state index in [2.05, 4.69) is 9.82 Å². The lowest BCUT2D eigenvalue weighted by Crippen LogP contribution is -2.07. The Kier molecular flexibility index (Phi) is 3.55. The molecule has 1 atom stereocenters. The average molecular weight is 276 g/mol. The lowest BCUT2D eigenvalue weighted by atomic mass is 10.1. The highest BCUT2D eigenvalue weighted by Crippen LogP contribution is 2.27. The third kappa shape index (κ3) is 2.25. The van der Waals surface area contributed by atoms with Crippen molar-refractivity contribution in [3.8, 4) is 0 Å². The molecule has 2 aromatic rings. The molecule has 0 saturated carbocycles. The molecular formula is C11H9Cl3N2. The van der Waals surface area contributed by atoms with E-state index in [0.29, 0.717) is 10.2 Å². The lowest BCUT2D eigenvalue weighted by molar-refractivity contribution is 0.743. The van der Waals surface area contributed by atoms with Crippen LogP contribution >= 0.6 is 35.0 Å². The normalized spacial score (nSPS) is 13.0. The second-order valence-electron chi connectivity index (χ2n) is 3.54. The van der Waals surface area contributed by atoms with Gasteiger partial charge in [-0.3, -0.25) is 0 Å². The van der Waals surface area contributed by atoms with Crippen LogP contribution in [0.1, 0.15) is 18.5 Å². The van der Waals surface area contributed by atoms with Gasteiger partial charge in [-0.2, -0.15) is 0 Å². The van der Waals surface area contributed by atoms with E-state index in [4.69, 9.17) is 35.0 Å². The average Bonchev–Trinajstić information content (AvgIpc) is 2.28. The van der Waals surface area contributed by atoms with Gasteiger partial charge >= 0.3 is 0 Å². The van der Waals surface area contributed by atoms with Gasteiger partial charge in [-0.1, -0.05) is 23.2 Å². The minimum Gasteiger partial charge on any atom is -0.236 e. The Bertz CT molecular complexity index is 528. The first-order chi connectivity index (χ1) is 7.61. The van der Waals surface area contributed by atoms with Crippen molar-refractivity contribution in [1.29, 1.82) is 0 Å². The summed E-state index contributed by atoms with van der Waals surface area (Å²) in [6.45, 7) is 1.91. The van der Waals surface area contributed by atoms with Gasteiger partial charge in [-0.05, 0) is 43.0 Å². The molecule has 0 saturated heterocycles. The third-order valence-corrected chi connectivity index (χ3v) is 3.25. The zero-order valence-corrected chi connectivity index (χ0v) is 10.7. The van der Waals surface area contributed by atoms with Crippen LogP contribution in [0.2, 0.25) is 10.2 Å². The highest BCUT2D eigenvalue weighted by Gasteiger charge is 2.11. The van der Waals surface area contributed by atoms with Crippen LogP contribution in [0.4, 0.5) is 0 Å². The molecule has 0 bridgehead atoms. The Balaban J connectivity index is 2.64. The van der Waals surface area contributed by atoms with Gasteiger partial charge < -0.3 is 0 Å². The Morgan fingerprint density at radius 1 is 1.25 bits per heavy atom. The molecule has 1 aromatic heterocycles. The molecule has 0 aliphatic rings. The summed E-state index contributed by atoms with van der Waals surface area (Å²) in [5.74, 6) is 0. The van der Waals surface area contributed by atoms with E-state index < -0.39 is 0 Å². The Morgan fingerprint density at radius 3 is 2.69 bits per heavy atom. The zero-order chi connectivity index (χ0) is 11.7. The summed E-state index contributed by atoms with van der Waals surface area (Å²) in [4.78, 5) is 6.91. The highest BCUT2D eigenvalue weighted by molar-refractivity contribution is 6.32. The Morgan fingerprint density at radius 2 is 2.00 bits per heavy atom. The number of benzene rings is 1. The molecule has 1 N–H and O–H groups in total. The van der Waals surface area contributed by atoms with E-state index in [1.54, 1.807) is 6.07 Å². The van der Waals surface area contributed by atoms with E-state index in [0.717, 1.165) is 16.5 Å². The third-order valence-electron chi connectivity index (χ3n) is 2.39. The molecule has 1 heterocycles. The molecule has 0 spiro atoms. The van der Waals surface area contributed by atoms with Crippen molar-refractivity contribution < 1.29 is 0 Å². The minimum absolute atomic E-state index is 0.0648. The first-order valence-electron chi connectivity index (χ1n) is 4.73. The maximum Gasteiger partial charge on any atom is 0.134 e. The summed E-state index contributed by atoms with van der Waals surface area (Å²) >= 11 is 17.6. The monoisotopic (exact) mass is 274 g/mol. The van der Waals surface area contributed by atoms with Crippen molar-refractivity contribution >= 4 is 45.9 Å². The number of aromatic nitrogens is 1. The summed E-state index contributed by atoms with van der Waals surface area (Å²) in [6, 6.07) is 7.36. The van der Waals surface area contributed by atoms with E-state index in [9.17, 15) is 0 Å². The fourth-order valence-electron chi connectivity index (χ4n) is 1.50. The van der Waals surface area contributed by atoms with Gasteiger partial charge in [0, 0.05) is 22.0 Å². The highest BCUT2D eigenvalue weighted by atomic mass is 35.5. The quantitative estimate of drug-likeness (QED) is 0.651. The molecule has 2 rings (SSSR count). The SMILES string of the molecule is C[C@H](NCl)c1cc2cc(Cl)ccc2nc1Cl. The largest absolute Gasteiger partial charge is 0.236 e. The van der Waals surface area contributed by atoms with Crippen LogP contribution in [-0.2, 0) is 0 Å². The van der Waals surface area contributed by atoms with E-state index in [1.807, 2.05) is 25.1 Å². The molecule has 0 unspecified atom stereocenters. The number of fused-ring (bicyclic) bond motifs is 1. The van der Waals surface area contributed by atoms with Gasteiger partial charge in [0.25, 0.3) is 0 Å². The summed E-state index contributed by atoms with van der Waals surface area (Å²) < 4.78 is 0. The van der Waals surface area contributed by atoms with Crippen LogP contribution in [0.3, 0.4) is 0 Å². The molecule has 0 radical (unpaired) electrons. The predicted molar refractivity (Wildman–Crippen MR) is 69.2 cm³/mol. The summed E-state index contributed by atoms with van der Waals surface area (Å²) in [7, 11) is 0. The first-order valence-corrected chi connectivity index (χ1v) is 5.87. The van der Waals surface area contributed by atoms with Gasteiger partial charge in [0.15, 0.2) is 0 Å². The van der Waals surface area contributed by atoms with Crippen LogP contribution in [-0.4, -0.2) is 4.98 Å². The van der Waals surface area contributed by atoms with Crippen molar-refractivity contribution in [2.75, 3.05) is 0 Å². The molecule has 0 aliphatic carbocycles. The van der Waals surface area contributed by atoms with Gasteiger partial charge in [0.2, 0.25) is 0 Å². The number of halogens is 3. The molecule has 2 nitrogen and oxygen atoms in total. The summed E-state index contributed by atoms with van der Waals surface area (Å²) in [5, 5.41) is 2.08. The van der Waals surface area contributed by atoms with Gasteiger partial charge in [0.1, 0.15) is 5.15 Å². The molecular weight excluding hydrogens is 266 g/mol. The molecule has 16 heavy (non-hydrogen) atoms. The lowest BCUT2D eigenvalue weighted by Gasteiger charge is -2.11. The van der Waals surface area contributed by atoms with E-state index in [-0.39, 0.29) is 6.04 Å². The maximum absolute atomic E-state index is 6.07. The number of hydrogen-bond acceptors (Lipinski definition) is 2.